The molecule has 3 amide bonds. The maximum Gasteiger partial charge on any atom is 0.261 e. The fourth-order valence-corrected chi connectivity index (χ4v) is 2.84. The van der Waals surface area contributed by atoms with Gasteiger partial charge in [0.25, 0.3) is 11.8 Å². The van der Waals surface area contributed by atoms with Crippen molar-refractivity contribution in [3.8, 4) is 0 Å². The van der Waals surface area contributed by atoms with Gasteiger partial charge in [-0.15, -0.1) is 10.2 Å². The molecule has 0 fully saturated rings. The Labute approximate surface area is 130 Å². The second kappa shape index (κ2) is 5.64. The topological polar surface area (TPSA) is 92.3 Å². The van der Waals surface area contributed by atoms with Gasteiger partial charge in [-0.2, -0.15) is 0 Å². The number of hydrogen-bond donors (Lipinski definition) is 1. The molecular formula is C14H12N4O3S. The van der Waals surface area contributed by atoms with Crippen molar-refractivity contribution in [1.29, 1.82) is 0 Å². The number of anilines is 1. The summed E-state index contributed by atoms with van der Waals surface area (Å²) in [6.07, 6.45) is 0.341. The Morgan fingerprint density at radius 3 is 2.41 bits per heavy atom. The van der Waals surface area contributed by atoms with Crippen molar-refractivity contribution in [3.63, 3.8) is 0 Å². The molecule has 3 rings (SSSR count). The SMILES string of the molecule is CCC(=O)Nc1nnc(CN2C(=O)c3ccccc3C2=O)s1. The van der Waals surface area contributed by atoms with Crippen LogP contribution in [0.15, 0.2) is 24.3 Å². The molecule has 1 aromatic heterocycles. The second-order valence-corrected chi connectivity index (χ2v) is 5.71. The summed E-state index contributed by atoms with van der Waals surface area (Å²) in [6, 6.07) is 6.69. The average molecular weight is 316 g/mol. The highest BCUT2D eigenvalue weighted by Crippen LogP contribution is 2.25. The first-order valence-corrected chi connectivity index (χ1v) is 7.49. The molecular weight excluding hydrogens is 304 g/mol. The number of rotatable bonds is 4. The molecule has 1 N–H and O–H groups in total. The van der Waals surface area contributed by atoms with Crippen LogP contribution >= 0.6 is 11.3 Å². The lowest BCUT2D eigenvalue weighted by atomic mass is 10.1. The van der Waals surface area contributed by atoms with Gasteiger partial charge in [0, 0.05) is 6.42 Å². The lowest BCUT2D eigenvalue weighted by molar-refractivity contribution is -0.115. The van der Waals surface area contributed by atoms with Gasteiger partial charge in [0.15, 0.2) is 0 Å². The standard InChI is InChI=1S/C14H12N4O3S/c1-2-10(19)15-14-17-16-11(22-14)7-18-12(20)8-5-3-4-6-9(8)13(18)21/h3-6H,2,7H2,1H3,(H,15,17,19). The van der Waals surface area contributed by atoms with Crippen LogP contribution in [0.25, 0.3) is 0 Å². The monoisotopic (exact) mass is 316 g/mol. The van der Waals surface area contributed by atoms with Gasteiger partial charge in [-0.05, 0) is 12.1 Å². The van der Waals surface area contributed by atoms with E-state index in [0.29, 0.717) is 27.7 Å². The molecule has 7 nitrogen and oxygen atoms in total. The van der Waals surface area contributed by atoms with Gasteiger partial charge in [0.05, 0.1) is 17.7 Å². The molecule has 0 unspecified atom stereocenters. The van der Waals surface area contributed by atoms with Crippen LogP contribution in [0.1, 0.15) is 39.1 Å². The van der Waals surface area contributed by atoms with Gasteiger partial charge in [-0.25, -0.2) is 0 Å². The van der Waals surface area contributed by atoms with Crippen molar-refractivity contribution in [1.82, 2.24) is 15.1 Å². The van der Waals surface area contributed by atoms with E-state index in [1.165, 1.54) is 0 Å². The number of nitrogens with one attached hydrogen (secondary N) is 1. The zero-order valence-corrected chi connectivity index (χ0v) is 12.5. The first-order valence-electron chi connectivity index (χ1n) is 6.67. The van der Waals surface area contributed by atoms with E-state index in [9.17, 15) is 14.4 Å². The number of nitrogens with zero attached hydrogens (tertiary/aromatic N) is 3. The molecule has 22 heavy (non-hydrogen) atoms. The number of aromatic nitrogens is 2. The highest BCUT2D eigenvalue weighted by molar-refractivity contribution is 7.15. The van der Waals surface area contributed by atoms with E-state index < -0.39 is 0 Å². The maximum absolute atomic E-state index is 12.2. The van der Waals surface area contributed by atoms with Gasteiger partial charge in [0.1, 0.15) is 5.01 Å². The van der Waals surface area contributed by atoms with Crippen LogP contribution in [0.4, 0.5) is 5.13 Å². The van der Waals surface area contributed by atoms with Crippen LogP contribution in [0.3, 0.4) is 0 Å². The zero-order valence-electron chi connectivity index (χ0n) is 11.7. The minimum absolute atomic E-state index is 0.0476. The third-order valence-electron chi connectivity index (χ3n) is 3.21. The molecule has 1 aromatic carbocycles. The third-order valence-corrected chi connectivity index (χ3v) is 4.03. The largest absolute Gasteiger partial charge is 0.301 e. The van der Waals surface area contributed by atoms with E-state index in [2.05, 4.69) is 15.5 Å². The summed E-state index contributed by atoms with van der Waals surface area (Å²) in [5, 5.41) is 11.2. The number of amides is 3. The molecule has 1 aliphatic rings. The summed E-state index contributed by atoms with van der Waals surface area (Å²) in [4.78, 5) is 36.9. The normalized spacial score (nSPS) is 13.4. The first kappa shape index (κ1) is 14.3. The quantitative estimate of drug-likeness (QED) is 0.866. The molecule has 2 aromatic rings. The molecule has 0 saturated heterocycles. The van der Waals surface area contributed by atoms with Gasteiger partial charge < -0.3 is 5.32 Å². The van der Waals surface area contributed by atoms with E-state index in [4.69, 9.17) is 0 Å². The summed E-state index contributed by atoms with van der Waals surface area (Å²) in [5.41, 5.74) is 0.799. The molecule has 2 heterocycles. The molecule has 0 atom stereocenters. The van der Waals surface area contributed by atoms with Crippen molar-refractivity contribution >= 4 is 34.2 Å². The van der Waals surface area contributed by atoms with E-state index >= 15 is 0 Å². The molecule has 8 heteroatoms. The number of imide groups is 1. The minimum Gasteiger partial charge on any atom is -0.301 e. The lowest BCUT2D eigenvalue weighted by Crippen LogP contribution is -2.29. The van der Waals surface area contributed by atoms with Crippen molar-refractivity contribution < 1.29 is 14.4 Å². The molecule has 0 saturated carbocycles. The number of carbonyl (C=O) groups excluding carboxylic acids is 3. The Bertz CT molecular complexity index is 736. The fraction of sp³-hybridized carbons (Fsp3) is 0.214. The van der Waals surface area contributed by atoms with Crippen LogP contribution in [-0.4, -0.2) is 32.8 Å². The highest BCUT2D eigenvalue weighted by Gasteiger charge is 2.35. The van der Waals surface area contributed by atoms with Crippen molar-refractivity contribution in [2.45, 2.75) is 19.9 Å². The molecule has 0 aliphatic carbocycles. The molecule has 0 spiro atoms. The number of hydrogen-bond acceptors (Lipinski definition) is 6. The van der Waals surface area contributed by atoms with E-state index in [1.807, 2.05) is 0 Å². The van der Waals surface area contributed by atoms with Crippen LogP contribution in [0, 0.1) is 0 Å². The Hall–Kier alpha value is -2.61. The predicted octanol–water partition coefficient (Wildman–Crippen LogP) is 1.68. The molecule has 0 radical (unpaired) electrons. The molecule has 0 bridgehead atoms. The summed E-state index contributed by atoms with van der Waals surface area (Å²) in [7, 11) is 0. The Morgan fingerprint density at radius 1 is 1.18 bits per heavy atom. The smallest absolute Gasteiger partial charge is 0.261 e. The number of carbonyl (C=O) groups is 3. The van der Waals surface area contributed by atoms with Crippen LogP contribution in [0.5, 0.6) is 0 Å². The van der Waals surface area contributed by atoms with Crippen LogP contribution in [0.2, 0.25) is 0 Å². The molecule has 1 aliphatic heterocycles. The maximum atomic E-state index is 12.2. The van der Waals surface area contributed by atoms with Gasteiger partial charge >= 0.3 is 0 Å². The Kier molecular flexibility index (Phi) is 3.68. The highest BCUT2D eigenvalue weighted by atomic mass is 32.1. The van der Waals surface area contributed by atoms with E-state index in [0.717, 1.165) is 16.2 Å². The van der Waals surface area contributed by atoms with E-state index in [1.54, 1.807) is 31.2 Å². The minimum atomic E-state index is -0.338. The van der Waals surface area contributed by atoms with Crippen LogP contribution < -0.4 is 5.32 Å². The molecule has 112 valence electrons. The first-order chi connectivity index (χ1) is 10.6. The summed E-state index contributed by atoms with van der Waals surface area (Å²) in [5.74, 6) is -0.840. The van der Waals surface area contributed by atoms with Crippen molar-refractivity contribution in [2.24, 2.45) is 0 Å². The van der Waals surface area contributed by atoms with Crippen molar-refractivity contribution in [2.75, 3.05) is 5.32 Å². The van der Waals surface area contributed by atoms with Crippen molar-refractivity contribution in [3.05, 3.63) is 40.4 Å². The van der Waals surface area contributed by atoms with Gasteiger partial charge in [0.2, 0.25) is 11.0 Å². The summed E-state index contributed by atoms with van der Waals surface area (Å²) >= 11 is 1.15. The second-order valence-electron chi connectivity index (χ2n) is 4.64. The summed E-state index contributed by atoms with van der Waals surface area (Å²) < 4.78 is 0. The number of fused-ring (bicyclic) bond motifs is 1. The fourth-order valence-electron chi connectivity index (χ4n) is 2.09. The van der Waals surface area contributed by atoms with Crippen LogP contribution in [-0.2, 0) is 11.3 Å². The Morgan fingerprint density at radius 2 is 1.82 bits per heavy atom. The summed E-state index contributed by atoms with van der Waals surface area (Å²) in [6.45, 7) is 1.78. The number of benzene rings is 1. The lowest BCUT2D eigenvalue weighted by Gasteiger charge is -2.10. The van der Waals surface area contributed by atoms with E-state index in [-0.39, 0.29) is 24.3 Å². The average Bonchev–Trinajstić information content (AvgIpc) is 3.06. The Balaban J connectivity index is 1.76. The van der Waals surface area contributed by atoms with Gasteiger partial charge in [-0.3, -0.25) is 19.3 Å². The predicted molar refractivity (Wildman–Crippen MR) is 79.5 cm³/mol. The zero-order chi connectivity index (χ0) is 15.7. The third kappa shape index (κ3) is 2.48. The van der Waals surface area contributed by atoms with Gasteiger partial charge in [-0.1, -0.05) is 30.4 Å².